The van der Waals surface area contributed by atoms with Gasteiger partial charge in [-0.05, 0) is 38.2 Å². The number of hydrogen-bond acceptors (Lipinski definition) is 1. The van der Waals surface area contributed by atoms with Crippen molar-refractivity contribution in [2.45, 2.75) is 46.1 Å². The first kappa shape index (κ1) is 12.3. The zero-order valence-corrected chi connectivity index (χ0v) is 9.15. The van der Waals surface area contributed by atoms with Crippen molar-refractivity contribution in [3.05, 3.63) is 12.2 Å². The zero-order valence-electron chi connectivity index (χ0n) is 9.15. The molecular formula is C12H20O. The standard InChI is InChI=1S/C12H20O/c1-10(2)6-8-12(5,13)9-7-11(3)4/h11,13H,1,7,9H2,2-5H3. The molecule has 0 radical (unpaired) electrons. The lowest BCUT2D eigenvalue weighted by atomic mass is 9.96. The molecule has 0 saturated carbocycles. The van der Waals surface area contributed by atoms with Crippen LogP contribution in [0.15, 0.2) is 12.2 Å². The number of hydrogen-bond donors (Lipinski definition) is 1. The molecule has 13 heavy (non-hydrogen) atoms. The third kappa shape index (κ3) is 7.62. The molecule has 1 heteroatoms. The van der Waals surface area contributed by atoms with E-state index in [1.165, 1.54) is 0 Å². The van der Waals surface area contributed by atoms with Crippen LogP contribution in [-0.4, -0.2) is 10.7 Å². The largest absolute Gasteiger partial charge is 0.378 e. The van der Waals surface area contributed by atoms with Crippen molar-refractivity contribution in [2.24, 2.45) is 5.92 Å². The van der Waals surface area contributed by atoms with E-state index in [1.54, 1.807) is 6.92 Å². The maximum absolute atomic E-state index is 9.80. The topological polar surface area (TPSA) is 20.2 Å². The third-order valence-electron chi connectivity index (χ3n) is 1.75. The van der Waals surface area contributed by atoms with E-state index < -0.39 is 5.60 Å². The van der Waals surface area contributed by atoms with Gasteiger partial charge in [0.15, 0.2) is 0 Å². The van der Waals surface area contributed by atoms with Gasteiger partial charge in [-0.25, -0.2) is 0 Å². The minimum Gasteiger partial charge on any atom is -0.378 e. The summed E-state index contributed by atoms with van der Waals surface area (Å²) in [5.74, 6) is 6.24. The molecule has 74 valence electrons. The normalized spacial score (nSPS) is 14.6. The van der Waals surface area contributed by atoms with E-state index in [9.17, 15) is 5.11 Å². The number of allylic oxidation sites excluding steroid dienone is 1. The van der Waals surface area contributed by atoms with Crippen LogP contribution in [-0.2, 0) is 0 Å². The average Bonchev–Trinajstić information content (AvgIpc) is 1.98. The predicted molar refractivity (Wildman–Crippen MR) is 57.3 cm³/mol. The molecule has 0 bridgehead atoms. The van der Waals surface area contributed by atoms with E-state index in [2.05, 4.69) is 32.3 Å². The second-order valence-electron chi connectivity index (χ2n) is 4.24. The van der Waals surface area contributed by atoms with Crippen LogP contribution < -0.4 is 0 Å². The Morgan fingerprint density at radius 1 is 1.54 bits per heavy atom. The summed E-state index contributed by atoms with van der Waals surface area (Å²) in [5.41, 5.74) is -0.0618. The molecule has 0 heterocycles. The minimum absolute atomic E-state index is 0.609. The van der Waals surface area contributed by atoms with E-state index >= 15 is 0 Å². The van der Waals surface area contributed by atoms with Gasteiger partial charge in [0.2, 0.25) is 0 Å². The smallest absolute Gasteiger partial charge is 0.123 e. The second-order valence-corrected chi connectivity index (χ2v) is 4.24. The molecule has 0 aromatic heterocycles. The Hall–Kier alpha value is -0.740. The Balaban J connectivity index is 4.10. The molecule has 0 rings (SSSR count). The highest BCUT2D eigenvalue weighted by atomic mass is 16.3. The molecule has 0 aromatic rings. The Labute approximate surface area is 81.9 Å². The highest BCUT2D eigenvalue weighted by Crippen LogP contribution is 2.15. The first-order valence-electron chi connectivity index (χ1n) is 4.74. The van der Waals surface area contributed by atoms with Gasteiger partial charge in [0.1, 0.15) is 5.60 Å². The van der Waals surface area contributed by atoms with Crippen LogP contribution in [0.3, 0.4) is 0 Å². The first-order chi connectivity index (χ1) is 5.83. The van der Waals surface area contributed by atoms with Crippen LogP contribution in [0.4, 0.5) is 0 Å². The summed E-state index contributed by atoms with van der Waals surface area (Å²) in [5, 5.41) is 9.80. The van der Waals surface area contributed by atoms with E-state index in [-0.39, 0.29) is 0 Å². The number of rotatable bonds is 3. The molecule has 1 N–H and O–H groups in total. The van der Waals surface area contributed by atoms with E-state index in [4.69, 9.17) is 0 Å². The van der Waals surface area contributed by atoms with Crippen molar-refractivity contribution >= 4 is 0 Å². The van der Waals surface area contributed by atoms with Gasteiger partial charge >= 0.3 is 0 Å². The van der Waals surface area contributed by atoms with Crippen molar-refractivity contribution in [1.29, 1.82) is 0 Å². The van der Waals surface area contributed by atoms with Crippen LogP contribution in [0.5, 0.6) is 0 Å². The maximum Gasteiger partial charge on any atom is 0.123 e. The van der Waals surface area contributed by atoms with Crippen molar-refractivity contribution in [3.63, 3.8) is 0 Å². The Morgan fingerprint density at radius 3 is 2.46 bits per heavy atom. The molecule has 0 amide bonds. The van der Waals surface area contributed by atoms with Gasteiger partial charge in [0.25, 0.3) is 0 Å². The molecule has 0 aliphatic heterocycles. The Morgan fingerprint density at radius 2 is 2.08 bits per heavy atom. The summed E-state index contributed by atoms with van der Waals surface area (Å²) in [6.07, 6.45) is 1.73. The van der Waals surface area contributed by atoms with Gasteiger partial charge in [-0.1, -0.05) is 32.3 Å². The fraction of sp³-hybridized carbons (Fsp3) is 0.667. The van der Waals surface area contributed by atoms with Crippen LogP contribution in [0, 0.1) is 17.8 Å². The molecule has 0 saturated heterocycles. The fourth-order valence-corrected chi connectivity index (χ4v) is 0.874. The van der Waals surface area contributed by atoms with Crippen LogP contribution >= 0.6 is 0 Å². The van der Waals surface area contributed by atoms with Gasteiger partial charge in [-0.15, -0.1) is 0 Å². The zero-order chi connectivity index (χ0) is 10.5. The summed E-state index contributed by atoms with van der Waals surface area (Å²) in [7, 11) is 0. The van der Waals surface area contributed by atoms with Crippen LogP contribution in [0.2, 0.25) is 0 Å². The molecule has 0 fully saturated rings. The lowest BCUT2D eigenvalue weighted by Crippen LogP contribution is -2.22. The molecule has 0 aliphatic carbocycles. The Bertz CT molecular complexity index is 225. The summed E-state index contributed by atoms with van der Waals surface area (Å²) < 4.78 is 0. The highest BCUT2D eigenvalue weighted by Gasteiger charge is 2.16. The van der Waals surface area contributed by atoms with Gasteiger partial charge in [0, 0.05) is 0 Å². The second kappa shape index (κ2) is 5.09. The molecule has 0 aliphatic rings. The minimum atomic E-state index is -0.858. The third-order valence-corrected chi connectivity index (χ3v) is 1.75. The molecule has 1 atom stereocenters. The lowest BCUT2D eigenvalue weighted by Gasteiger charge is -2.17. The predicted octanol–water partition coefficient (Wildman–Crippen LogP) is 2.75. The average molecular weight is 180 g/mol. The first-order valence-corrected chi connectivity index (χ1v) is 4.74. The SMILES string of the molecule is C=C(C)C#CC(C)(O)CCC(C)C. The summed E-state index contributed by atoms with van der Waals surface area (Å²) in [6.45, 7) is 11.5. The van der Waals surface area contributed by atoms with Gasteiger partial charge in [0.05, 0.1) is 0 Å². The van der Waals surface area contributed by atoms with Crippen LogP contribution in [0.25, 0.3) is 0 Å². The molecule has 0 aromatic carbocycles. The Kier molecular flexibility index (Phi) is 4.80. The lowest BCUT2D eigenvalue weighted by molar-refractivity contribution is 0.105. The van der Waals surface area contributed by atoms with E-state index in [0.29, 0.717) is 5.92 Å². The fourth-order valence-electron chi connectivity index (χ4n) is 0.874. The molecule has 0 spiro atoms. The van der Waals surface area contributed by atoms with Crippen molar-refractivity contribution in [1.82, 2.24) is 0 Å². The maximum atomic E-state index is 9.80. The monoisotopic (exact) mass is 180 g/mol. The highest BCUT2D eigenvalue weighted by molar-refractivity contribution is 5.27. The molecular weight excluding hydrogens is 160 g/mol. The van der Waals surface area contributed by atoms with E-state index in [1.807, 2.05) is 6.92 Å². The van der Waals surface area contributed by atoms with Crippen molar-refractivity contribution in [3.8, 4) is 11.8 Å². The van der Waals surface area contributed by atoms with Gasteiger partial charge in [-0.3, -0.25) is 0 Å². The summed E-state index contributed by atoms with van der Waals surface area (Å²) in [4.78, 5) is 0. The van der Waals surface area contributed by atoms with E-state index in [0.717, 1.165) is 18.4 Å². The van der Waals surface area contributed by atoms with Crippen molar-refractivity contribution < 1.29 is 5.11 Å². The number of aliphatic hydroxyl groups is 1. The molecule has 1 unspecified atom stereocenters. The quantitative estimate of drug-likeness (QED) is 0.662. The summed E-state index contributed by atoms with van der Waals surface area (Å²) in [6, 6.07) is 0. The summed E-state index contributed by atoms with van der Waals surface area (Å²) >= 11 is 0. The van der Waals surface area contributed by atoms with Gasteiger partial charge < -0.3 is 5.11 Å². The van der Waals surface area contributed by atoms with Gasteiger partial charge in [-0.2, -0.15) is 0 Å². The van der Waals surface area contributed by atoms with Crippen LogP contribution in [0.1, 0.15) is 40.5 Å². The molecule has 1 nitrogen and oxygen atoms in total. The van der Waals surface area contributed by atoms with Crippen molar-refractivity contribution in [2.75, 3.05) is 0 Å².